The van der Waals surface area contributed by atoms with E-state index in [2.05, 4.69) is 44.1 Å². The van der Waals surface area contributed by atoms with E-state index < -0.39 is 0 Å². The summed E-state index contributed by atoms with van der Waals surface area (Å²) in [6, 6.07) is 2.12. The lowest BCUT2D eigenvalue weighted by Gasteiger charge is -2.24. The summed E-state index contributed by atoms with van der Waals surface area (Å²) in [6.45, 7) is 12.3. The van der Waals surface area contributed by atoms with Crippen LogP contribution in [0.1, 0.15) is 43.0 Å². The molecular weight excluding hydrogens is 238 g/mol. The van der Waals surface area contributed by atoms with Crippen LogP contribution in [-0.2, 0) is 11.8 Å². The molecule has 1 aromatic rings. The van der Waals surface area contributed by atoms with Gasteiger partial charge in [0, 0.05) is 13.0 Å². The first-order chi connectivity index (χ1) is 8.80. The number of amidine groups is 1. The van der Waals surface area contributed by atoms with E-state index in [9.17, 15) is 5.11 Å². The van der Waals surface area contributed by atoms with Crippen LogP contribution in [0.5, 0.6) is 5.75 Å². The topological polar surface area (TPSA) is 44.6 Å². The molecule has 0 spiro atoms. The summed E-state index contributed by atoms with van der Waals surface area (Å²) in [4.78, 5) is 4.44. The smallest absolute Gasteiger partial charge is 0.122 e. The van der Waals surface area contributed by atoms with Crippen LogP contribution in [0.4, 0.5) is 0 Å². The van der Waals surface area contributed by atoms with Gasteiger partial charge in [-0.2, -0.15) is 0 Å². The SMILES string of the molecule is Cc1cc(C(C)(C)C)c(O)c(C)c1C[14C]1=NCCN1. The van der Waals surface area contributed by atoms with Crippen molar-refractivity contribution < 1.29 is 5.11 Å². The van der Waals surface area contributed by atoms with Crippen LogP contribution < -0.4 is 5.32 Å². The Morgan fingerprint density at radius 2 is 2.05 bits per heavy atom. The van der Waals surface area contributed by atoms with Crippen molar-refractivity contribution in [2.24, 2.45) is 4.99 Å². The van der Waals surface area contributed by atoms with Gasteiger partial charge in [0.25, 0.3) is 0 Å². The first kappa shape index (κ1) is 13.9. The van der Waals surface area contributed by atoms with Crippen molar-refractivity contribution >= 4 is 5.84 Å². The van der Waals surface area contributed by atoms with Crippen LogP contribution in [0, 0.1) is 13.8 Å². The third-order valence-corrected chi connectivity index (χ3v) is 3.80. The van der Waals surface area contributed by atoms with Crippen molar-refractivity contribution in [2.75, 3.05) is 13.1 Å². The quantitative estimate of drug-likeness (QED) is 0.861. The van der Waals surface area contributed by atoms with Gasteiger partial charge in [-0.15, -0.1) is 0 Å². The fourth-order valence-electron chi connectivity index (χ4n) is 2.59. The summed E-state index contributed by atoms with van der Waals surface area (Å²) in [5.74, 6) is 1.47. The fraction of sp³-hybridized carbons (Fsp3) is 0.562. The maximum absolute atomic E-state index is 10.5. The molecule has 0 saturated carbocycles. The predicted molar refractivity (Wildman–Crippen MR) is 80.3 cm³/mol. The lowest BCUT2D eigenvalue weighted by Crippen LogP contribution is -2.22. The molecule has 2 N–H and O–H groups in total. The van der Waals surface area contributed by atoms with Crippen LogP contribution in [-0.4, -0.2) is 24.0 Å². The lowest BCUT2D eigenvalue weighted by molar-refractivity contribution is 0.442. The molecule has 1 aliphatic rings. The van der Waals surface area contributed by atoms with E-state index in [0.717, 1.165) is 36.5 Å². The largest absolute Gasteiger partial charge is 0.507 e. The maximum Gasteiger partial charge on any atom is 0.122 e. The molecule has 0 aromatic heterocycles. The van der Waals surface area contributed by atoms with E-state index >= 15 is 0 Å². The molecule has 1 aromatic carbocycles. The first-order valence-electron chi connectivity index (χ1n) is 6.90. The number of aliphatic imine (C=N–C) groups is 1. The Balaban J connectivity index is 2.43. The van der Waals surface area contributed by atoms with Crippen molar-refractivity contribution in [3.63, 3.8) is 0 Å². The fourth-order valence-corrected chi connectivity index (χ4v) is 2.59. The molecule has 0 atom stereocenters. The summed E-state index contributed by atoms with van der Waals surface area (Å²) >= 11 is 0. The maximum atomic E-state index is 10.5. The number of nitrogens with one attached hydrogen (secondary N) is 1. The molecule has 1 heterocycles. The number of aromatic hydroxyl groups is 1. The molecule has 3 heteroatoms. The zero-order valence-electron chi connectivity index (χ0n) is 12.6. The highest BCUT2D eigenvalue weighted by Gasteiger charge is 2.22. The van der Waals surface area contributed by atoms with Crippen LogP contribution in [0.25, 0.3) is 0 Å². The zero-order chi connectivity index (χ0) is 14.2. The van der Waals surface area contributed by atoms with Gasteiger partial charge in [0.1, 0.15) is 11.6 Å². The average molecular weight is 262 g/mol. The molecule has 19 heavy (non-hydrogen) atoms. The minimum Gasteiger partial charge on any atom is -0.507 e. The molecule has 0 fully saturated rings. The van der Waals surface area contributed by atoms with Crippen molar-refractivity contribution in [1.82, 2.24) is 5.32 Å². The Bertz CT molecular complexity index is 525. The van der Waals surface area contributed by atoms with Crippen LogP contribution in [0.2, 0.25) is 0 Å². The van der Waals surface area contributed by atoms with Gasteiger partial charge in [-0.25, -0.2) is 0 Å². The molecule has 2 rings (SSSR count). The number of hydrogen-bond acceptors (Lipinski definition) is 3. The van der Waals surface area contributed by atoms with Crippen LogP contribution >= 0.6 is 0 Å². The molecule has 0 bridgehead atoms. The highest BCUT2D eigenvalue weighted by Crippen LogP contribution is 2.36. The summed E-state index contributed by atoms with van der Waals surface area (Å²) in [5, 5.41) is 13.7. The molecular formula is C16H24N2O. The van der Waals surface area contributed by atoms with E-state index in [1.807, 2.05) is 6.92 Å². The molecule has 3 nitrogen and oxygen atoms in total. The van der Waals surface area contributed by atoms with Gasteiger partial charge in [0.05, 0.1) is 6.54 Å². The molecule has 0 unspecified atom stereocenters. The first-order valence-corrected chi connectivity index (χ1v) is 6.90. The Hall–Kier alpha value is -1.51. The Morgan fingerprint density at radius 3 is 2.58 bits per heavy atom. The van der Waals surface area contributed by atoms with Crippen molar-refractivity contribution in [3.8, 4) is 5.75 Å². The van der Waals surface area contributed by atoms with Crippen LogP contribution in [0.15, 0.2) is 11.1 Å². The van der Waals surface area contributed by atoms with Gasteiger partial charge in [-0.05, 0) is 41.5 Å². The third kappa shape index (κ3) is 2.75. The van der Waals surface area contributed by atoms with Gasteiger partial charge in [0.2, 0.25) is 0 Å². The highest BCUT2D eigenvalue weighted by atomic mass is 16.3. The van der Waals surface area contributed by atoms with E-state index in [4.69, 9.17) is 0 Å². The minimum absolute atomic E-state index is 0.0404. The van der Waals surface area contributed by atoms with Crippen LogP contribution in [0.3, 0.4) is 0 Å². The Labute approximate surface area is 115 Å². The monoisotopic (exact) mass is 262 g/mol. The van der Waals surface area contributed by atoms with Gasteiger partial charge in [0.15, 0.2) is 0 Å². The predicted octanol–water partition coefficient (Wildman–Crippen LogP) is 2.85. The van der Waals surface area contributed by atoms with Crippen molar-refractivity contribution in [3.05, 3.63) is 28.3 Å². The molecule has 0 radical (unpaired) electrons. The highest BCUT2D eigenvalue weighted by molar-refractivity contribution is 5.86. The number of phenolic OH excluding ortho intramolecular Hbond substituents is 1. The van der Waals surface area contributed by atoms with E-state index in [1.165, 1.54) is 11.1 Å². The van der Waals surface area contributed by atoms with E-state index in [-0.39, 0.29) is 5.41 Å². The summed E-state index contributed by atoms with van der Waals surface area (Å²) < 4.78 is 0. The Kier molecular flexibility index (Phi) is 3.57. The molecule has 0 amide bonds. The number of benzene rings is 1. The number of rotatable bonds is 2. The second kappa shape index (κ2) is 4.87. The summed E-state index contributed by atoms with van der Waals surface area (Å²) in [5.41, 5.74) is 4.39. The van der Waals surface area contributed by atoms with Gasteiger partial charge >= 0.3 is 0 Å². The minimum atomic E-state index is -0.0404. The van der Waals surface area contributed by atoms with E-state index in [1.54, 1.807) is 0 Å². The molecule has 0 aliphatic carbocycles. The average Bonchev–Trinajstić information content (AvgIpc) is 2.80. The third-order valence-electron chi connectivity index (χ3n) is 3.80. The molecule has 0 saturated heterocycles. The lowest BCUT2D eigenvalue weighted by atomic mass is 9.83. The summed E-state index contributed by atoms with van der Waals surface area (Å²) in [6.07, 6.45) is 0.787. The van der Waals surface area contributed by atoms with Crippen molar-refractivity contribution in [2.45, 2.75) is 46.5 Å². The number of hydrogen-bond donors (Lipinski definition) is 2. The van der Waals surface area contributed by atoms with Crippen molar-refractivity contribution in [1.29, 1.82) is 0 Å². The molecule has 104 valence electrons. The number of aryl methyl sites for hydroxylation is 1. The number of nitrogens with zero attached hydrogens (tertiary/aromatic N) is 1. The van der Waals surface area contributed by atoms with Gasteiger partial charge in [-0.3, -0.25) is 4.99 Å². The summed E-state index contributed by atoms with van der Waals surface area (Å²) in [7, 11) is 0. The zero-order valence-corrected chi connectivity index (χ0v) is 12.6. The second-order valence-corrected chi connectivity index (χ2v) is 6.38. The normalized spacial score (nSPS) is 15.3. The van der Waals surface area contributed by atoms with E-state index in [0.29, 0.717) is 5.75 Å². The van der Waals surface area contributed by atoms with Gasteiger partial charge in [-0.1, -0.05) is 26.8 Å². The number of phenols is 1. The molecule has 1 aliphatic heterocycles. The second-order valence-electron chi connectivity index (χ2n) is 6.38. The standard InChI is InChI=1S/C16H24N2O/c1-10-8-13(16(3,4)5)15(19)11(2)12(10)9-14-17-6-7-18-14/h8,19H,6-7,9H2,1-5H3,(H,17,18)/i14+2. The van der Waals surface area contributed by atoms with Gasteiger partial charge < -0.3 is 10.4 Å². The Morgan fingerprint density at radius 1 is 1.37 bits per heavy atom.